The number of alkyl carbamates (subject to hydrolysis) is 1. The van der Waals surface area contributed by atoms with E-state index in [9.17, 15) is 24.6 Å². The van der Waals surface area contributed by atoms with Crippen LogP contribution in [-0.2, 0) is 14.3 Å². The molecule has 0 spiro atoms. The largest absolute Gasteiger partial charge is 0.507 e. The Morgan fingerprint density at radius 2 is 1.82 bits per heavy atom. The summed E-state index contributed by atoms with van der Waals surface area (Å²) in [7, 11) is 0. The standard InChI is InChI=1S/C25H41N3O6/c1-8-9-13-26-22(31)20(18-12-10-11-17(4)21(18)30)28(14-15-29)23(32)19(16(2)3)27-24(33)34-25(5,6)7/h10-12,16,19-20,29-30H,8-9,13-15H2,1-7H3,(H,26,31)(H,27,33). The van der Waals surface area contributed by atoms with Crippen LogP contribution in [0.1, 0.15) is 71.6 Å². The Hall–Kier alpha value is -2.81. The van der Waals surface area contributed by atoms with Crippen molar-refractivity contribution in [1.29, 1.82) is 0 Å². The summed E-state index contributed by atoms with van der Waals surface area (Å²) in [6.45, 7) is 12.2. The normalized spacial score (nSPS) is 13.2. The van der Waals surface area contributed by atoms with Crippen LogP contribution in [0.5, 0.6) is 5.75 Å². The van der Waals surface area contributed by atoms with Crippen molar-refractivity contribution in [2.45, 2.75) is 79.0 Å². The number of phenolic OH excluding ortho intramolecular Hbond substituents is 1. The highest BCUT2D eigenvalue weighted by atomic mass is 16.6. The molecule has 0 aromatic heterocycles. The van der Waals surface area contributed by atoms with Crippen LogP contribution >= 0.6 is 0 Å². The number of nitrogens with zero attached hydrogens (tertiary/aromatic N) is 1. The highest BCUT2D eigenvalue weighted by molar-refractivity contribution is 5.92. The minimum atomic E-state index is -1.20. The smallest absolute Gasteiger partial charge is 0.408 e. The van der Waals surface area contributed by atoms with Gasteiger partial charge in [-0.3, -0.25) is 9.59 Å². The zero-order valence-corrected chi connectivity index (χ0v) is 21.5. The van der Waals surface area contributed by atoms with E-state index in [1.807, 2.05) is 6.92 Å². The quantitative estimate of drug-likeness (QED) is 0.361. The van der Waals surface area contributed by atoms with Gasteiger partial charge in [0.2, 0.25) is 11.8 Å². The first kappa shape index (κ1) is 29.2. The lowest BCUT2D eigenvalue weighted by Crippen LogP contribution is -2.55. The molecule has 0 aliphatic rings. The Bertz CT molecular complexity index is 834. The lowest BCUT2D eigenvalue weighted by Gasteiger charge is -2.35. The number of nitrogens with one attached hydrogen (secondary N) is 2. The number of amides is 3. The summed E-state index contributed by atoms with van der Waals surface area (Å²) in [5, 5.41) is 25.9. The molecule has 0 fully saturated rings. The van der Waals surface area contributed by atoms with Gasteiger partial charge in [-0.1, -0.05) is 45.4 Å². The molecule has 9 heteroatoms. The van der Waals surface area contributed by atoms with Crippen molar-refractivity contribution in [3.63, 3.8) is 0 Å². The van der Waals surface area contributed by atoms with Crippen molar-refractivity contribution in [3.8, 4) is 5.75 Å². The SMILES string of the molecule is CCCCNC(=O)C(c1cccc(C)c1O)N(CCO)C(=O)C(NC(=O)OC(C)(C)C)C(C)C. The summed E-state index contributed by atoms with van der Waals surface area (Å²) in [5.41, 5.74) is 0.0391. The van der Waals surface area contributed by atoms with Gasteiger partial charge in [-0.05, 0) is 45.6 Å². The van der Waals surface area contributed by atoms with Crippen LogP contribution in [0.25, 0.3) is 0 Å². The topological polar surface area (TPSA) is 128 Å². The van der Waals surface area contributed by atoms with E-state index in [2.05, 4.69) is 10.6 Å². The summed E-state index contributed by atoms with van der Waals surface area (Å²) in [4.78, 5) is 40.6. The molecule has 2 atom stereocenters. The number of aliphatic hydroxyl groups is 1. The average molecular weight is 480 g/mol. The van der Waals surface area contributed by atoms with Gasteiger partial charge in [0, 0.05) is 18.7 Å². The van der Waals surface area contributed by atoms with Crippen LogP contribution in [-0.4, -0.2) is 64.4 Å². The minimum Gasteiger partial charge on any atom is -0.507 e. The fraction of sp³-hybridized carbons (Fsp3) is 0.640. The summed E-state index contributed by atoms with van der Waals surface area (Å²) in [6, 6.07) is 2.76. The van der Waals surface area contributed by atoms with Gasteiger partial charge in [-0.2, -0.15) is 0 Å². The van der Waals surface area contributed by atoms with Crippen molar-refractivity contribution in [1.82, 2.24) is 15.5 Å². The lowest BCUT2D eigenvalue weighted by molar-refractivity contribution is -0.144. The van der Waals surface area contributed by atoms with E-state index in [0.717, 1.165) is 12.8 Å². The van der Waals surface area contributed by atoms with Gasteiger partial charge in [-0.15, -0.1) is 0 Å². The van der Waals surface area contributed by atoms with E-state index < -0.39 is 42.2 Å². The van der Waals surface area contributed by atoms with Crippen LogP contribution in [0.3, 0.4) is 0 Å². The third-order valence-corrected chi connectivity index (χ3v) is 5.18. The van der Waals surface area contributed by atoms with Crippen LogP contribution in [0.15, 0.2) is 18.2 Å². The molecule has 0 heterocycles. The number of hydrogen-bond donors (Lipinski definition) is 4. The summed E-state index contributed by atoms with van der Waals surface area (Å²) < 4.78 is 5.31. The Kier molecular flexibility index (Phi) is 11.3. The number of aryl methyl sites for hydroxylation is 1. The number of rotatable bonds is 11. The van der Waals surface area contributed by atoms with Gasteiger partial charge in [0.1, 0.15) is 23.4 Å². The van der Waals surface area contributed by atoms with E-state index in [4.69, 9.17) is 4.74 Å². The number of carbonyl (C=O) groups excluding carboxylic acids is 3. The predicted molar refractivity (Wildman–Crippen MR) is 130 cm³/mol. The first-order valence-electron chi connectivity index (χ1n) is 11.8. The predicted octanol–water partition coefficient (Wildman–Crippen LogP) is 3.03. The number of para-hydroxylation sites is 1. The van der Waals surface area contributed by atoms with Crippen LogP contribution in [0.4, 0.5) is 4.79 Å². The Morgan fingerprint density at radius 1 is 1.18 bits per heavy atom. The molecule has 192 valence electrons. The molecule has 0 bridgehead atoms. The molecule has 0 saturated heterocycles. The number of aromatic hydroxyl groups is 1. The maximum Gasteiger partial charge on any atom is 0.408 e. The first-order valence-corrected chi connectivity index (χ1v) is 11.8. The first-order chi connectivity index (χ1) is 15.8. The fourth-order valence-corrected chi connectivity index (χ4v) is 3.44. The molecule has 34 heavy (non-hydrogen) atoms. The summed E-state index contributed by atoms with van der Waals surface area (Å²) in [6.07, 6.45) is 0.863. The van der Waals surface area contributed by atoms with Crippen molar-refractivity contribution in [2.24, 2.45) is 5.92 Å². The number of aliphatic hydroxyl groups excluding tert-OH is 1. The van der Waals surface area contributed by atoms with Gasteiger partial charge < -0.3 is 30.5 Å². The molecule has 0 saturated carbocycles. The number of hydrogen-bond acceptors (Lipinski definition) is 6. The minimum absolute atomic E-state index is 0.102. The van der Waals surface area contributed by atoms with Gasteiger partial charge in [0.25, 0.3) is 0 Å². The second-order valence-corrected chi connectivity index (χ2v) is 9.68. The Balaban J connectivity index is 3.43. The molecule has 0 aliphatic carbocycles. The molecule has 9 nitrogen and oxygen atoms in total. The Labute approximate surface area is 202 Å². The van der Waals surface area contributed by atoms with Crippen LogP contribution in [0.2, 0.25) is 0 Å². The van der Waals surface area contributed by atoms with Gasteiger partial charge in [0.15, 0.2) is 0 Å². The number of ether oxygens (including phenoxy) is 1. The second-order valence-electron chi connectivity index (χ2n) is 9.68. The highest BCUT2D eigenvalue weighted by Crippen LogP contribution is 2.32. The monoisotopic (exact) mass is 479 g/mol. The van der Waals surface area contributed by atoms with Crippen LogP contribution < -0.4 is 10.6 Å². The van der Waals surface area contributed by atoms with E-state index in [1.165, 1.54) is 4.90 Å². The molecule has 1 aromatic carbocycles. The average Bonchev–Trinajstić information content (AvgIpc) is 2.72. The second kappa shape index (κ2) is 13.2. The third-order valence-electron chi connectivity index (χ3n) is 5.18. The number of unbranched alkanes of at least 4 members (excludes halogenated alkanes) is 1. The maximum absolute atomic E-state index is 13.7. The molecule has 0 radical (unpaired) electrons. The van der Waals surface area contributed by atoms with E-state index in [-0.39, 0.29) is 23.8 Å². The van der Waals surface area contributed by atoms with E-state index >= 15 is 0 Å². The molecule has 1 rings (SSSR count). The zero-order chi connectivity index (χ0) is 26.1. The molecule has 3 amide bonds. The zero-order valence-electron chi connectivity index (χ0n) is 21.5. The fourth-order valence-electron chi connectivity index (χ4n) is 3.44. The van der Waals surface area contributed by atoms with Crippen molar-refractivity contribution in [2.75, 3.05) is 19.7 Å². The molecular weight excluding hydrogens is 438 g/mol. The molecule has 0 aliphatic heterocycles. The van der Waals surface area contributed by atoms with Crippen molar-refractivity contribution < 1.29 is 29.3 Å². The molecule has 2 unspecified atom stereocenters. The number of phenols is 1. The number of carbonyl (C=O) groups is 3. The maximum atomic E-state index is 13.7. The van der Waals surface area contributed by atoms with Gasteiger partial charge in [0.05, 0.1) is 6.61 Å². The molecule has 4 N–H and O–H groups in total. The molecule has 1 aromatic rings. The van der Waals surface area contributed by atoms with Gasteiger partial charge in [-0.25, -0.2) is 4.79 Å². The van der Waals surface area contributed by atoms with E-state index in [0.29, 0.717) is 12.1 Å². The van der Waals surface area contributed by atoms with Crippen LogP contribution in [0, 0.1) is 12.8 Å². The van der Waals surface area contributed by atoms with Crippen molar-refractivity contribution in [3.05, 3.63) is 29.3 Å². The molecular formula is C25H41N3O6. The van der Waals surface area contributed by atoms with E-state index in [1.54, 1.807) is 59.7 Å². The highest BCUT2D eigenvalue weighted by Gasteiger charge is 2.38. The van der Waals surface area contributed by atoms with Gasteiger partial charge >= 0.3 is 6.09 Å². The lowest BCUT2D eigenvalue weighted by atomic mass is 9.97. The Morgan fingerprint density at radius 3 is 2.35 bits per heavy atom. The third kappa shape index (κ3) is 8.52. The summed E-state index contributed by atoms with van der Waals surface area (Å²) in [5.74, 6) is -1.48. The van der Waals surface area contributed by atoms with Crippen molar-refractivity contribution >= 4 is 17.9 Å². The number of benzene rings is 1. The summed E-state index contributed by atoms with van der Waals surface area (Å²) >= 11 is 0.